The lowest BCUT2D eigenvalue weighted by Crippen LogP contribution is -2.45. The third-order valence-corrected chi connectivity index (χ3v) is 6.36. The molecule has 2 amide bonds. The number of rotatable bonds is 6. The monoisotopic (exact) mass is 481 g/mol. The summed E-state index contributed by atoms with van der Waals surface area (Å²) in [6, 6.07) is 25.2. The van der Waals surface area contributed by atoms with Crippen molar-refractivity contribution in [1.29, 1.82) is 0 Å². The molecule has 0 fully saturated rings. The third kappa shape index (κ3) is 4.55. The Morgan fingerprint density at radius 3 is 2.39 bits per heavy atom. The Morgan fingerprint density at radius 2 is 1.69 bits per heavy atom. The molecule has 0 radical (unpaired) electrons. The van der Waals surface area contributed by atoms with Gasteiger partial charge in [0.15, 0.2) is 0 Å². The molecule has 2 atom stereocenters. The first kappa shape index (κ1) is 23.2. The SMILES string of the molecule is COc1ccc([C@@H]2[C@@H](C(=O)Nc3ccccn3)c3ccccc3C(=O)N2Cc2ccc(F)cc2)cc1. The first-order chi connectivity index (χ1) is 17.5. The molecule has 36 heavy (non-hydrogen) atoms. The normalized spacial score (nSPS) is 16.8. The van der Waals surface area contributed by atoms with Gasteiger partial charge in [-0.1, -0.05) is 48.5 Å². The van der Waals surface area contributed by atoms with Crippen LogP contribution >= 0.6 is 0 Å². The Balaban J connectivity index is 1.63. The second-order valence-corrected chi connectivity index (χ2v) is 8.55. The van der Waals surface area contributed by atoms with Crippen molar-refractivity contribution in [2.75, 3.05) is 12.4 Å². The quantitative estimate of drug-likeness (QED) is 0.403. The number of nitrogens with one attached hydrogen (secondary N) is 1. The number of carbonyl (C=O) groups excluding carboxylic acids is 2. The lowest BCUT2D eigenvalue weighted by molar-refractivity contribution is -0.119. The number of hydrogen-bond acceptors (Lipinski definition) is 4. The molecule has 0 saturated heterocycles. The maximum absolute atomic E-state index is 13.8. The number of amides is 2. The number of anilines is 1. The van der Waals surface area contributed by atoms with Crippen molar-refractivity contribution in [2.24, 2.45) is 0 Å². The number of benzene rings is 3. The van der Waals surface area contributed by atoms with Crippen LogP contribution in [0.3, 0.4) is 0 Å². The maximum atomic E-state index is 13.8. The third-order valence-electron chi connectivity index (χ3n) is 6.36. The highest BCUT2D eigenvalue weighted by Crippen LogP contribution is 2.44. The van der Waals surface area contributed by atoms with Gasteiger partial charge in [-0.05, 0) is 59.2 Å². The van der Waals surface area contributed by atoms with E-state index in [1.807, 2.05) is 36.4 Å². The number of methoxy groups -OCH3 is 1. The van der Waals surface area contributed by atoms with E-state index in [0.29, 0.717) is 22.7 Å². The zero-order valence-corrected chi connectivity index (χ0v) is 19.6. The van der Waals surface area contributed by atoms with Gasteiger partial charge in [-0.3, -0.25) is 9.59 Å². The van der Waals surface area contributed by atoms with Gasteiger partial charge < -0.3 is 15.0 Å². The molecule has 1 aliphatic rings. The van der Waals surface area contributed by atoms with E-state index in [2.05, 4.69) is 10.3 Å². The van der Waals surface area contributed by atoms with Gasteiger partial charge in [0.25, 0.3) is 5.91 Å². The number of aromatic nitrogens is 1. The Labute approximate surface area is 208 Å². The highest BCUT2D eigenvalue weighted by molar-refractivity contribution is 6.04. The van der Waals surface area contributed by atoms with Crippen LogP contribution in [-0.4, -0.2) is 28.8 Å². The zero-order chi connectivity index (χ0) is 25.1. The first-order valence-corrected chi connectivity index (χ1v) is 11.6. The molecule has 7 heteroatoms. The molecule has 0 spiro atoms. The van der Waals surface area contributed by atoms with Crippen LogP contribution in [0.15, 0.2) is 97.2 Å². The lowest BCUT2D eigenvalue weighted by Gasteiger charge is -2.42. The molecule has 0 saturated carbocycles. The summed E-state index contributed by atoms with van der Waals surface area (Å²) in [4.78, 5) is 33.5. The first-order valence-electron chi connectivity index (χ1n) is 11.6. The smallest absolute Gasteiger partial charge is 0.255 e. The molecule has 5 rings (SSSR count). The van der Waals surface area contributed by atoms with E-state index in [4.69, 9.17) is 4.74 Å². The van der Waals surface area contributed by atoms with Crippen LogP contribution < -0.4 is 10.1 Å². The minimum atomic E-state index is -0.713. The number of pyridine rings is 1. The summed E-state index contributed by atoms with van der Waals surface area (Å²) in [6.45, 7) is 0.206. The highest BCUT2D eigenvalue weighted by atomic mass is 19.1. The molecule has 1 aromatic heterocycles. The molecule has 3 aromatic carbocycles. The molecule has 2 heterocycles. The van der Waals surface area contributed by atoms with Crippen molar-refractivity contribution in [3.63, 3.8) is 0 Å². The summed E-state index contributed by atoms with van der Waals surface area (Å²) in [5.74, 6) is -0.448. The second-order valence-electron chi connectivity index (χ2n) is 8.55. The van der Waals surface area contributed by atoms with Crippen molar-refractivity contribution < 1.29 is 18.7 Å². The summed E-state index contributed by atoms with van der Waals surface area (Å²) in [5, 5.41) is 2.92. The fraction of sp³-hybridized carbons (Fsp3) is 0.138. The molecule has 180 valence electrons. The number of halogens is 1. The van der Waals surface area contributed by atoms with Gasteiger partial charge in [-0.25, -0.2) is 9.37 Å². The summed E-state index contributed by atoms with van der Waals surface area (Å²) in [5.41, 5.74) is 2.64. The standard InChI is InChI=1S/C29H24FN3O3/c1-36-22-15-11-20(12-16-22)27-26(28(34)32-25-8-4-5-17-31-25)23-6-2-3-7-24(23)29(35)33(27)18-19-9-13-21(30)14-10-19/h2-17,26-27H,18H2,1H3,(H,31,32,34)/t26-,27+/m0/s1. The van der Waals surface area contributed by atoms with Crippen LogP contribution in [-0.2, 0) is 11.3 Å². The van der Waals surface area contributed by atoms with E-state index in [1.165, 1.54) is 12.1 Å². The Kier molecular flexibility index (Phi) is 6.45. The van der Waals surface area contributed by atoms with Crippen LogP contribution in [0.2, 0.25) is 0 Å². The Bertz CT molecular complexity index is 1380. The van der Waals surface area contributed by atoms with Crippen molar-refractivity contribution in [3.05, 3.63) is 125 Å². The van der Waals surface area contributed by atoms with Crippen LogP contribution in [0.1, 0.15) is 39.0 Å². The molecule has 0 unspecified atom stereocenters. The molecule has 1 aliphatic heterocycles. The number of fused-ring (bicyclic) bond motifs is 1. The van der Waals surface area contributed by atoms with Gasteiger partial charge in [0, 0.05) is 18.3 Å². The minimum absolute atomic E-state index is 0.197. The van der Waals surface area contributed by atoms with Gasteiger partial charge in [0.05, 0.1) is 19.1 Å². The van der Waals surface area contributed by atoms with Crippen molar-refractivity contribution in [3.8, 4) is 5.75 Å². The molecular weight excluding hydrogens is 457 g/mol. The predicted octanol–water partition coefficient (Wildman–Crippen LogP) is 5.35. The van der Waals surface area contributed by atoms with Crippen molar-refractivity contribution >= 4 is 17.6 Å². The molecule has 0 bridgehead atoms. The molecule has 6 nitrogen and oxygen atoms in total. The number of ether oxygens (including phenoxy) is 1. The van der Waals surface area contributed by atoms with Crippen LogP contribution in [0.4, 0.5) is 10.2 Å². The van der Waals surface area contributed by atoms with Crippen molar-refractivity contribution in [1.82, 2.24) is 9.88 Å². The average molecular weight is 482 g/mol. The summed E-state index contributed by atoms with van der Waals surface area (Å²) in [6.07, 6.45) is 1.61. The van der Waals surface area contributed by atoms with Gasteiger partial charge >= 0.3 is 0 Å². The number of carbonyl (C=O) groups is 2. The summed E-state index contributed by atoms with van der Waals surface area (Å²) in [7, 11) is 1.58. The van der Waals surface area contributed by atoms with E-state index in [-0.39, 0.29) is 24.2 Å². The average Bonchev–Trinajstić information content (AvgIpc) is 2.92. The van der Waals surface area contributed by atoms with Crippen LogP contribution in [0, 0.1) is 5.82 Å². The Hall–Kier alpha value is -4.52. The molecular formula is C29H24FN3O3. The fourth-order valence-electron chi connectivity index (χ4n) is 4.65. The van der Waals surface area contributed by atoms with E-state index in [9.17, 15) is 14.0 Å². The van der Waals surface area contributed by atoms with Gasteiger partial charge in [-0.2, -0.15) is 0 Å². The summed E-state index contributed by atoms with van der Waals surface area (Å²) < 4.78 is 18.9. The largest absolute Gasteiger partial charge is 0.497 e. The maximum Gasteiger partial charge on any atom is 0.255 e. The number of nitrogens with zero attached hydrogens (tertiary/aromatic N) is 2. The van der Waals surface area contributed by atoms with E-state index >= 15 is 0 Å². The van der Waals surface area contributed by atoms with E-state index in [1.54, 1.807) is 60.7 Å². The zero-order valence-electron chi connectivity index (χ0n) is 19.6. The van der Waals surface area contributed by atoms with Gasteiger partial charge in [-0.15, -0.1) is 0 Å². The topological polar surface area (TPSA) is 71.5 Å². The second kappa shape index (κ2) is 10.00. The predicted molar refractivity (Wildman–Crippen MR) is 134 cm³/mol. The van der Waals surface area contributed by atoms with E-state index in [0.717, 1.165) is 11.1 Å². The fourth-order valence-corrected chi connectivity index (χ4v) is 4.65. The molecule has 4 aromatic rings. The lowest BCUT2D eigenvalue weighted by atomic mass is 9.79. The van der Waals surface area contributed by atoms with E-state index < -0.39 is 12.0 Å². The Morgan fingerprint density at radius 1 is 0.972 bits per heavy atom. The molecule has 1 N–H and O–H groups in total. The van der Waals surface area contributed by atoms with Crippen LogP contribution in [0.25, 0.3) is 0 Å². The highest BCUT2D eigenvalue weighted by Gasteiger charge is 2.44. The van der Waals surface area contributed by atoms with Gasteiger partial charge in [0.2, 0.25) is 5.91 Å². The van der Waals surface area contributed by atoms with Crippen molar-refractivity contribution in [2.45, 2.75) is 18.5 Å². The minimum Gasteiger partial charge on any atom is -0.497 e. The van der Waals surface area contributed by atoms with Crippen LogP contribution in [0.5, 0.6) is 5.75 Å². The van der Waals surface area contributed by atoms with Gasteiger partial charge in [0.1, 0.15) is 17.4 Å². The molecule has 0 aliphatic carbocycles. The number of hydrogen-bond donors (Lipinski definition) is 1. The summed E-state index contributed by atoms with van der Waals surface area (Å²) >= 11 is 0.